The van der Waals surface area contributed by atoms with Crippen LogP contribution in [0.15, 0.2) is 5.11 Å². The van der Waals surface area contributed by atoms with Gasteiger partial charge in [0.15, 0.2) is 0 Å². The van der Waals surface area contributed by atoms with Crippen LogP contribution in [0.4, 0.5) is 0 Å². The molecule has 0 aliphatic carbocycles. The molecule has 0 saturated carbocycles. The molecule has 11 heavy (non-hydrogen) atoms. The summed E-state index contributed by atoms with van der Waals surface area (Å²) >= 11 is 0. The fourth-order valence-corrected chi connectivity index (χ4v) is 1.05. The van der Waals surface area contributed by atoms with Gasteiger partial charge >= 0.3 is 0 Å². The van der Waals surface area contributed by atoms with Crippen LogP contribution in [-0.2, 0) is 0 Å². The van der Waals surface area contributed by atoms with Crippen molar-refractivity contribution >= 4 is 0 Å². The van der Waals surface area contributed by atoms with Crippen molar-refractivity contribution < 1.29 is 0 Å². The minimum absolute atomic E-state index is 0.228. The maximum absolute atomic E-state index is 8.18. The van der Waals surface area contributed by atoms with E-state index < -0.39 is 0 Å². The number of nitrogens with zero attached hydrogens (tertiary/aromatic N) is 3. The third kappa shape index (κ3) is 5.74. The topological polar surface area (TPSA) is 48.8 Å². The predicted octanol–water partition coefficient (Wildman–Crippen LogP) is 3.66. The number of azide groups is 1. The lowest BCUT2D eigenvalue weighted by molar-refractivity contribution is 0.545. The number of hydrogen-bond acceptors (Lipinski definition) is 1. The summed E-state index contributed by atoms with van der Waals surface area (Å²) in [4.78, 5) is 2.81. The molecule has 0 spiro atoms. The van der Waals surface area contributed by atoms with Crippen molar-refractivity contribution in [2.45, 2.75) is 52.0 Å². The standard InChI is InChI=1S/C8H17N3/c1-3-5-6-7-8(4-2)10-11-9/h8H,3-7H2,1-2H3. The van der Waals surface area contributed by atoms with Crippen molar-refractivity contribution in [2.24, 2.45) is 5.11 Å². The van der Waals surface area contributed by atoms with Gasteiger partial charge in [-0.3, -0.25) is 0 Å². The van der Waals surface area contributed by atoms with Crippen LogP contribution in [0.1, 0.15) is 46.0 Å². The van der Waals surface area contributed by atoms with Crippen molar-refractivity contribution in [2.75, 3.05) is 0 Å². The Labute approximate surface area is 68.4 Å². The minimum atomic E-state index is 0.228. The maximum Gasteiger partial charge on any atom is 0.0371 e. The zero-order valence-electron chi connectivity index (χ0n) is 7.45. The van der Waals surface area contributed by atoms with Crippen LogP contribution in [-0.4, -0.2) is 6.04 Å². The van der Waals surface area contributed by atoms with Gasteiger partial charge in [-0.05, 0) is 18.4 Å². The third-order valence-electron chi connectivity index (χ3n) is 1.83. The highest BCUT2D eigenvalue weighted by atomic mass is 15.1. The van der Waals surface area contributed by atoms with E-state index >= 15 is 0 Å². The molecule has 0 radical (unpaired) electrons. The molecular weight excluding hydrogens is 138 g/mol. The van der Waals surface area contributed by atoms with Crippen LogP contribution in [0.2, 0.25) is 0 Å². The lowest BCUT2D eigenvalue weighted by Crippen LogP contribution is -2.00. The monoisotopic (exact) mass is 155 g/mol. The average Bonchev–Trinajstić information content (AvgIpc) is 2.03. The molecule has 64 valence electrons. The van der Waals surface area contributed by atoms with Crippen LogP contribution in [0.5, 0.6) is 0 Å². The van der Waals surface area contributed by atoms with Crippen molar-refractivity contribution in [3.05, 3.63) is 10.4 Å². The van der Waals surface area contributed by atoms with Crippen LogP contribution < -0.4 is 0 Å². The smallest absolute Gasteiger partial charge is 0.0371 e. The molecule has 0 bridgehead atoms. The predicted molar refractivity (Wildman–Crippen MR) is 47.4 cm³/mol. The average molecular weight is 155 g/mol. The first-order valence-corrected chi connectivity index (χ1v) is 4.39. The van der Waals surface area contributed by atoms with Crippen molar-refractivity contribution in [3.63, 3.8) is 0 Å². The van der Waals surface area contributed by atoms with E-state index in [9.17, 15) is 0 Å². The van der Waals surface area contributed by atoms with E-state index in [1.54, 1.807) is 0 Å². The Morgan fingerprint density at radius 2 is 2.09 bits per heavy atom. The second-order valence-corrected chi connectivity index (χ2v) is 2.76. The van der Waals surface area contributed by atoms with E-state index in [1.807, 2.05) is 0 Å². The minimum Gasteiger partial charge on any atom is -0.0906 e. The first-order valence-electron chi connectivity index (χ1n) is 4.39. The highest BCUT2D eigenvalue weighted by molar-refractivity contribution is 4.64. The summed E-state index contributed by atoms with van der Waals surface area (Å²) in [7, 11) is 0. The van der Waals surface area contributed by atoms with Gasteiger partial charge in [-0.2, -0.15) is 0 Å². The Hall–Kier alpha value is -0.690. The quantitative estimate of drug-likeness (QED) is 0.243. The van der Waals surface area contributed by atoms with E-state index in [4.69, 9.17) is 5.53 Å². The van der Waals surface area contributed by atoms with E-state index in [2.05, 4.69) is 23.9 Å². The molecular formula is C8H17N3. The SMILES string of the molecule is CCCCCC(CC)N=[N+]=[N-]. The van der Waals surface area contributed by atoms with E-state index in [1.165, 1.54) is 19.3 Å². The Kier molecular flexibility index (Phi) is 6.95. The normalized spacial score (nSPS) is 12.2. The molecule has 0 amide bonds. The summed E-state index contributed by atoms with van der Waals surface area (Å²) in [6.45, 7) is 4.24. The van der Waals surface area contributed by atoms with Crippen LogP contribution in [0, 0.1) is 0 Å². The van der Waals surface area contributed by atoms with Gasteiger partial charge in [0, 0.05) is 11.0 Å². The molecule has 0 aliphatic rings. The molecule has 0 fully saturated rings. The molecule has 0 aromatic carbocycles. The van der Waals surface area contributed by atoms with Gasteiger partial charge in [0.25, 0.3) is 0 Å². The lowest BCUT2D eigenvalue weighted by Gasteiger charge is -2.05. The van der Waals surface area contributed by atoms with E-state index in [-0.39, 0.29) is 6.04 Å². The highest BCUT2D eigenvalue weighted by Crippen LogP contribution is 2.09. The molecule has 0 heterocycles. The van der Waals surface area contributed by atoms with Gasteiger partial charge in [0.2, 0.25) is 0 Å². The maximum atomic E-state index is 8.18. The fourth-order valence-electron chi connectivity index (χ4n) is 1.05. The summed E-state index contributed by atoms with van der Waals surface area (Å²) in [5.74, 6) is 0. The second-order valence-electron chi connectivity index (χ2n) is 2.76. The Morgan fingerprint density at radius 1 is 1.36 bits per heavy atom. The molecule has 1 atom stereocenters. The first-order chi connectivity index (χ1) is 5.35. The van der Waals surface area contributed by atoms with Crippen LogP contribution >= 0.6 is 0 Å². The van der Waals surface area contributed by atoms with Crippen molar-refractivity contribution in [1.29, 1.82) is 0 Å². The summed E-state index contributed by atoms with van der Waals surface area (Å²) in [6.07, 6.45) is 5.68. The van der Waals surface area contributed by atoms with Gasteiger partial charge in [0.05, 0.1) is 0 Å². The highest BCUT2D eigenvalue weighted by Gasteiger charge is 2.00. The van der Waals surface area contributed by atoms with Gasteiger partial charge in [0.1, 0.15) is 0 Å². The Balaban J connectivity index is 3.43. The largest absolute Gasteiger partial charge is 0.0906 e. The Morgan fingerprint density at radius 3 is 2.55 bits per heavy atom. The van der Waals surface area contributed by atoms with Crippen LogP contribution in [0.3, 0.4) is 0 Å². The molecule has 0 aromatic rings. The van der Waals surface area contributed by atoms with E-state index in [0.29, 0.717) is 0 Å². The molecule has 3 nitrogen and oxygen atoms in total. The number of unbranched alkanes of at least 4 members (excludes halogenated alkanes) is 2. The summed E-state index contributed by atoms with van der Waals surface area (Å²) in [6, 6.07) is 0.228. The fraction of sp³-hybridized carbons (Fsp3) is 1.00. The van der Waals surface area contributed by atoms with Gasteiger partial charge in [-0.25, -0.2) is 0 Å². The zero-order chi connectivity index (χ0) is 8.53. The molecule has 0 saturated heterocycles. The van der Waals surface area contributed by atoms with Gasteiger partial charge < -0.3 is 0 Å². The van der Waals surface area contributed by atoms with Gasteiger partial charge in [-0.1, -0.05) is 38.2 Å². The third-order valence-corrected chi connectivity index (χ3v) is 1.83. The zero-order valence-corrected chi connectivity index (χ0v) is 7.45. The first kappa shape index (κ1) is 10.3. The Bertz CT molecular complexity index is 127. The molecule has 1 unspecified atom stereocenters. The summed E-state index contributed by atoms with van der Waals surface area (Å²) in [5.41, 5.74) is 8.18. The van der Waals surface area contributed by atoms with Crippen molar-refractivity contribution in [3.8, 4) is 0 Å². The molecule has 0 aliphatic heterocycles. The molecule has 3 heteroatoms. The number of hydrogen-bond donors (Lipinski definition) is 0. The molecule has 0 rings (SSSR count). The molecule has 0 N–H and O–H groups in total. The molecule has 0 aromatic heterocycles. The summed E-state index contributed by atoms with van der Waals surface area (Å²) in [5, 5.41) is 3.69. The second kappa shape index (κ2) is 7.42. The van der Waals surface area contributed by atoms with E-state index in [0.717, 1.165) is 12.8 Å². The van der Waals surface area contributed by atoms with Crippen LogP contribution in [0.25, 0.3) is 10.4 Å². The summed E-state index contributed by atoms with van der Waals surface area (Å²) < 4.78 is 0. The van der Waals surface area contributed by atoms with Crippen molar-refractivity contribution in [1.82, 2.24) is 0 Å². The number of rotatable bonds is 6. The van der Waals surface area contributed by atoms with Gasteiger partial charge in [-0.15, -0.1) is 0 Å². The lowest BCUT2D eigenvalue weighted by atomic mass is 10.1.